The second-order valence-corrected chi connectivity index (χ2v) is 7.99. The van der Waals surface area contributed by atoms with E-state index in [4.69, 9.17) is 9.84 Å². The lowest BCUT2D eigenvalue weighted by atomic mass is 10.1. The zero-order valence-corrected chi connectivity index (χ0v) is 17.4. The number of β-amino-alcohol motifs (C(OH)–C–C–N with tert-alkyl or cyclic N) is 1. The van der Waals surface area contributed by atoms with Crippen LogP contribution in [0.5, 0.6) is 5.75 Å². The Morgan fingerprint density at radius 1 is 0.968 bits per heavy atom. The van der Waals surface area contributed by atoms with E-state index in [-0.39, 0.29) is 18.1 Å². The van der Waals surface area contributed by atoms with Gasteiger partial charge in [-0.25, -0.2) is 8.78 Å². The van der Waals surface area contributed by atoms with Crippen molar-refractivity contribution >= 4 is 5.91 Å². The lowest BCUT2D eigenvalue weighted by molar-refractivity contribution is 0.0732. The van der Waals surface area contributed by atoms with Gasteiger partial charge in [-0.05, 0) is 35.9 Å². The molecule has 0 bridgehead atoms. The van der Waals surface area contributed by atoms with Crippen molar-refractivity contribution in [2.24, 2.45) is 0 Å². The summed E-state index contributed by atoms with van der Waals surface area (Å²) < 4.78 is 32.6. The maximum absolute atomic E-state index is 13.6. The Morgan fingerprint density at radius 3 is 2.48 bits per heavy atom. The quantitative estimate of drug-likeness (QED) is 0.786. The lowest BCUT2D eigenvalue weighted by Gasteiger charge is -2.34. The van der Waals surface area contributed by atoms with Crippen molar-refractivity contribution in [3.8, 4) is 5.75 Å². The van der Waals surface area contributed by atoms with Gasteiger partial charge in [0.1, 0.15) is 12.4 Å². The van der Waals surface area contributed by atoms with Crippen LogP contribution in [0, 0.1) is 11.6 Å². The number of amides is 1. The molecule has 0 aliphatic carbocycles. The van der Waals surface area contributed by atoms with Crippen LogP contribution in [-0.4, -0.2) is 78.2 Å². The molecule has 1 fully saturated rings. The van der Waals surface area contributed by atoms with Crippen molar-refractivity contribution in [3.63, 3.8) is 0 Å². The molecule has 0 saturated carbocycles. The van der Waals surface area contributed by atoms with Gasteiger partial charge in [0.25, 0.3) is 5.91 Å². The number of aliphatic hydroxyl groups excluding tert-OH is 1. The molecule has 0 unspecified atom stereocenters. The van der Waals surface area contributed by atoms with Gasteiger partial charge in [-0.1, -0.05) is 6.07 Å². The van der Waals surface area contributed by atoms with E-state index in [2.05, 4.69) is 15.9 Å². The molecule has 2 aliphatic rings. The maximum Gasteiger partial charge on any atom is 0.254 e. The number of rotatable bonds is 5. The van der Waals surface area contributed by atoms with Crippen LogP contribution in [0.15, 0.2) is 36.4 Å². The van der Waals surface area contributed by atoms with E-state index >= 15 is 0 Å². The number of carbonyl (C=O) groups is 1. The normalized spacial score (nSPS) is 17.7. The monoisotopic (exact) mass is 431 g/mol. The molecule has 31 heavy (non-hydrogen) atoms. The molecule has 6 nitrogen and oxygen atoms in total. The largest absolute Gasteiger partial charge is 0.491 e. The van der Waals surface area contributed by atoms with Gasteiger partial charge in [0.15, 0.2) is 11.6 Å². The predicted octanol–water partition coefficient (Wildman–Crippen LogP) is 2.11. The van der Waals surface area contributed by atoms with E-state index in [9.17, 15) is 13.6 Å². The molecular weight excluding hydrogens is 404 g/mol. The first-order chi connectivity index (χ1) is 15.0. The molecule has 8 heteroatoms. The Balaban J connectivity index is 1.44. The number of carbonyl (C=O) groups excluding carboxylic acids is 1. The Bertz CT molecular complexity index is 932. The summed E-state index contributed by atoms with van der Waals surface area (Å²) in [5, 5.41) is 9.08. The van der Waals surface area contributed by atoms with E-state index in [1.807, 2.05) is 12.1 Å². The van der Waals surface area contributed by atoms with Crippen molar-refractivity contribution in [2.45, 2.75) is 13.1 Å². The van der Waals surface area contributed by atoms with Crippen molar-refractivity contribution < 1.29 is 23.4 Å². The molecule has 2 aromatic carbocycles. The number of hydrogen-bond acceptors (Lipinski definition) is 5. The standard InChI is InChI=1S/C23H27F2N3O3/c24-20-3-2-18(14-21(20)25)23(30)28-10-12-31-22-4-1-17(13-19(22)16-28)15-27-7-5-26(6-8-27)9-11-29/h1-4,13-14,29H,5-12,15-16H2. The number of hydrogen-bond donors (Lipinski definition) is 1. The highest BCUT2D eigenvalue weighted by Crippen LogP contribution is 2.26. The number of benzene rings is 2. The Morgan fingerprint density at radius 2 is 1.74 bits per heavy atom. The van der Waals surface area contributed by atoms with Gasteiger partial charge < -0.3 is 14.7 Å². The van der Waals surface area contributed by atoms with Crippen molar-refractivity contribution in [2.75, 3.05) is 52.5 Å². The third kappa shape index (κ3) is 5.20. The lowest BCUT2D eigenvalue weighted by Crippen LogP contribution is -2.46. The third-order valence-electron chi connectivity index (χ3n) is 5.85. The van der Waals surface area contributed by atoms with Crippen molar-refractivity contribution in [3.05, 3.63) is 64.7 Å². The molecule has 1 amide bonds. The van der Waals surface area contributed by atoms with Crippen molar-refractivity contribution in [1.29, 1.82) is 0 Å². The van der Waals surface area contributed by atoms with Gasteiger partial charge in [-0.2, -0.15) is 0 Å². The molecule has 1 saturated heterocycles. The van der Waals surface area contributed by atoms with E-state index in [0.717, 1.165) is 61.7 Å². The molecule has 0 aromatic heterocycles. The van der Waals surface area contributed by atoms with Crippen LogP contribution in [0.3, 0.4) is 0 Å². The molecule has 1 N–H and O–H groups in total. The van der Waals surface area contributed by atoms with Crippen LogP contribution >= 0.6 is 0 Å². The van der Waals surface area contributed by atoms with E-state index < -0.39 is 11.6 Å². The third-order valence-corrected chi connectivity index (χ3v) is 5.85. The minimum Gasteiger partial charge on any atom is -0.491 e. The zero-order valence-electron chi connectivity index (χ0n) is 17.4. The van der Waals surface area contributed by atoms with Crippen LogP contribution in [-0.2, 0) is 13.1 Å². The van der Waals surface area contributed by atoms with Crippen molar-refractivity contribution in [1.82, 2.24) is 14.7 Å². The summed E-state index contributed by atoms with van der Waals surface area (Å²) in [4.78, 5) is 19.1. The summed E-state index contributed by atoms with van der Waals surface area (Å²) in [6.45, 7) is 6.52. The molecule has 0 spiro atoms. The summed E-state index contributed by atoms with van der Waals surface area (Å²) >= 11 is 0. The zero-order chi connectivity index (χ0) is 21.8. The number of halogens is 2. The van der Waals surface area contributed by atoms with Crippen LogP contribution in [0.1, 0.15) is 21.5 Å². The van der Waals surface area contributed by atoms with Gasteiger partial charge in [0.05, 0.1) is 13.2 Å². The molecule has 0 radical (unpaired) electrons. The fraction of sp³-hybridized carbons (Fsp3) is 0.435. The summed E-state index contributed by atoms with van der Waals surface area (Å²) in [5.41, 5.74) is 2.17. The predicted molar refractivity (Wildman–Crippen MR) is 112 cm³/mol. The Kier molecular flexibility index (Phi) is 6.80. The molecule has 4 rings (SSSR count). The molecule has 2 heterocycles. The summed E-state index contributed by atoms with van der Waals surface area (Å²) in [6.07, 6.45) is 0. The average Bonchev–Trinajstić information content (AvgIpc) is 2.99. The number of piperazine rings is 1. The van der Waals surface area contributed by atoms with E-state index in [1.165, 1.54) is 6.07 Å². The SMILES string of the molecule is O=C(c1ccc(F)c(F)c1)N1CCOc2ccc(CN3CCN(CCO)CC3)cc2C1. The van der Waals surface area contributed by atoms with E-state index in [0.29, 0.717) is 26.2 Å². The van der Waals surface area contributed by atoms with Crippen LogP contribution in [0.4, 0.5) is 8.78 Å². The molecule has 2 aromatic rings. The van der Waals surface area contributed by atoms with Crippen LogP contribution in [0.25, 0.3) is 0 Å². The molecular formula is C23H27F2N3O3. The summed E-state index contributed by atoms with van der Waals surface area (Å²) in [7, 11) is 0. The van der Waals surface area contributed by atoms with E-state index in [1.54, 1.807) is 4.90 Å². The minimum absolute atomic E-state index is 0.124. The average molecular weight is 431 g/mol. The topological polar surface area (TPSA) is 56.2 Å². The fourth-order valence-electron chi connectivity index (χ4n) is 4.10. The first-order valence-corrected chi connectivity index (χ1v) is 10.6. The number of nitrogens with zero attached hydrogens (tertiary/aromatic N) is 3. The Hall–Kier alpha value is -2.55. The first-order valence-electron chi connectivity index (χ1n) is 10.6. The van der Waals surface area contributed by atoms with Gasteiger partial charge in [-0.15, -0.1) is 0 Å². The molecule has 166 valence electrons. The second-order valence-electron chi connectivity index (χ2n) is 7.99. The van der Waals surface area contributed by atoms with Crippen LogP contribution in [0.2, 0.25) is 0 Å². The smallest absolute Gasteiger partial charge is 0.254 e. The molecule has 0 atom stereocenters. The van der Waals surface area contributed by atoms with Crippen LogP contribution < -0.4 is 4.74 Å². The highest BCUT2D eigenvalue weighted by molar-refractivity contribution is 5.94. The van der Waals surface area contributed by atoms with Gasteiger partial charge in [-0.3, -0.25) is 14.6 Å². The number of fused-ring (bicyclic) bond motifs is 1. The van der Waals surface area contributed by atoms with Gasteiger partial charge in [0.2, 0.25) is 0 Å². The second kappa shape index (κ2) is 9.72. The summed E-state index contributed by atoms with van der Waals surface area (Å²) in [6, 6.07) is 9.27. The first kappa shape index (κ1) is 21.7. The van der Waals surface area contributed by atoms with Gasteiger partial charge >= 0.3 is 0 Å². The number of ether oxygens (including phenoxy) is 1. The summed E-state index contributed by atoms with van der Waals surface area (Å²) in [5.74, 6) is -1.60. The highest BCUT2D eigenvalue weighted by Gasteiger charge is 2.23. The fourth-order valence-corrected chi connectivity index (χ4v) is 4.10. The Labute approximate surface area is 180 Å². The minimum atomic E-state index is -1.03. The number of aliphatic hydroxyl groups is 1. The molecule has 2 aliphatic heterocycles. The van der Waals surface area contributed by atoms with Gasteiger partial charge in [0, 0.05) is 56.9 Å². The highest BCUT2D eigenvalue weighted by atomic mass is 19.2. The maximum atomic E-state index is 13.6.